The highest BCUT2D eigenvalue weighted by Gasteiger charge is 2.74. The highest BCUT2D eigenvalue weighted by molar-refractivity contribution is 6.00. The van der Waals surface area contributed by atoms with Crippen LogP contribution in [0.25, 0.3) is 39.5 Å². The van der Waals surface area contributed by atoms with E-state index in [9.17, 15) is 4.79 Å². The standard InChI is InChI=1S/C32H29N7O/c33-27-24(6-2-15-35-27)28-38-26-12-11-25(19-4-1-5-22(16-19)36-30(40)31-17-21(31)18-31)37-29(26)39(28)23-9-7-20(8-10-23)32(34)13-3-14-32/h1-2,4-12,15-16,21H,3,13-14,17-18,34H2,(H2,33,35)(H,36,40). The summed E-state index contributed by atoms with van der Waals surface area (Å²) in [6.45, 7) is 0. The average molecular weight is 528 g/mol. The van der Waals surface area contributed by atoms with Crippen molar-refractivity contribution < 1.29 is 4.79 Å². The first-order valence-corrected chi connectivity index (χ1v) is 13.9. The number of rotatable bonds is 6. The maximum absolute atomic E-state index is 12.7. The minimum absolute atomic E-state index is 0.0814. The van der Waals surface area contributed by atoms with Crippen LogP contribution < -0.4 is 16.8 Å². The number of nitrogens with two attached hydrogens (primary N) is 2. The molecule has 5 aromatic rings. The molecule has 0 unspecified atom stereocenters. The van der Waals surface area contributed by atoms with Gasteiger partial charge < -0.3 is 16.8 Å². The molecule has 3 saturated carbocycles. The number of fused-ring (bicyclic) bond motifs is 2. The van der Waals surface area contributed by atoms with Crippen LogP contribution in [0.5, 0.6) is 0 Å². The third kappa shape index (κ3) is 3.56. The second kappa shape index (κ2) is 8.22. The summed E-state index contributed by atoms with van der Waals surface area (Å²) < 4.78 is 2.03. The molecule has 1 amide bonds. The third-order valence-electron chi connectivity index (χ3n) is 9.08. The van der Waals surface area contributed by atoms with Crippen LogP contribution in [0.4, 0.5) is 11.5 Å². The van der Waals surface area contributed by atoms with Gasteiger partial charge in [0, 0.05) is 28.7 Å². The Bertz CT molecular complexity index is 1810. The van der Waals surface area contributed by atoms with E-state index in [1.807, 2.05) is 53.1 Å². The number of hydrogen-bond donors (Lipinski definition) is 3. The molecule has 40 heavy (non-hydrogen) atoms. The van der Waals surface area contributed by atoms with Crippen molar-refractivity contribution in [1.29, 1.82) is 0 Å². The molecule has 3 fully saturated rings. The summed E-state index contributed by atoms with van der Waals surface area (Å²) in [5.41, 5.74) is 19.3. The summed E-state index contributed by atoms with van der Waals surface area (Å²) in [6, 6.07) is 24.0. The van der Waals surface area contributed by atoms with Crippen molar-refractivity contribution >= 4 is 28.6 Å². The second-order valence-corrected chi connectivity index (χ2v) is 11.6. The van der Waals surface area contributed by atoms with Gasteiger partial charge in [-0.25, -0.2) is 15.0 Å². The Kier molecular flexibility index (Phi) is 4.80. The largest absolute Gasteiger partial charge is 0.383 e. The smallest absolute Gasteiger partial charge is 0.230 e. The molecule has 3 aliphatic carbocycles. The molecule has 8 heteroatoms. The molecule has 0 atom stereocenters. The van der Waals surface area contributed by atoms with Crippen molar-refractivity contribution in [3.63, 3.8) is 0 Å². The van der Waals surface area contributed by atoms with Crippen LogP contribution in [0.2, 0.25) is 0 Å². The number of amides is 1. The fourth-order valence-corrected chi connectivity index (χ4v) is 6.02. The minimum Gasteiger partial charge on any atom is -0.383 e. The molecule has 3 aromatic heterocycles. The monoisotopic (exact) mass is 527 g/mol. The lowest BCUT2D eigenvalue weighted by molar-refractivity contribution is -0.119. The number of aromatic nitrogens is 4. The number of anilines is 2. The number of pyridine rings is 2. The number of benzene rings is 2. The third-order valence-corrected chi connectivity index (χ3v) is 9.08. The molecule has 0 radical (unpaired) electrons. The van der Waals surface area contributed by atoms with Crippen LogP contribution in [-0.4, -0.2) is 25.4 Å². The van der Waals surface area contributed by atoms with Gasteiger partial charge in [-0.2, -0.15) is 0 Å². The molecule has 5 N–H and O–H groups in total. The van der Waals surface area contributed by atoms with E-state index in [2.05, 4.69) is 34.6 Å². The zero-order valence-corrected chi connectivity index (χ0v) is 22.0. The van der Waals surface area contributed by atoms with Gasteiger partial charge in [0.2, 0.25) is 5.91 Å². The normalized spacial score (nSPS) is 21.9. The molecule has 0 spiro atoms. The van der Waals surface area contributed by atoms with Crippen molar-refractivity contribution in [2.75, 3.05) is 11.1 Å². The number of nitrogen functional groups attached to an aromatic ring is 1. The van der Waals surface area contributed by atoms with Gasteiger partial charge in [0.25, 0.3) is 0 Å². The van der Waals surface area contributed by atoms with Gasteiger partial charge in [-0.1, -0.05) is 24.3 Å². The minimum atomic E-state index is -0.239. The first-order chi connectivity index (χ1) is 19.4. The zero-order chi connectivity index (χ0) is 27.1. The fraction of sp³-hybridized carbons (Fsp3) is 0.250. The topological polar surface area (TPSA) is 125 Å². The summed E-state index contributed by atoms with van der Waals surface area (Å²) in [5, 5.41) is 3.11. The summed E-state index contributed by atoms with van der Waals surface area (Å²) in [7, 11) is 0. The summed E-state index contributed by atoms with van der Waals surface area (Å²) in [6.07, 6.45) is 6.89. The van der Waals surface area contributed by atoms with E-state index in [1.165, 1.54) is 0 Å². The number of carbonyl (C=O) groups is 1. The van der Waals surface area contributed by atoms with E-state index < -0.39 is 0 Å². The van der Waals surface area contributed by atoms with E-state index in [-0.39, 0.29) is 16.9 Å². The Balaban J connectivity index is 1.23. The van der Waals surface area contributed by atoms with Crippen LogP contribution in [0.15, 0.2) is 79.0 Å². The van der Waals surface area contributed by atoms with Gasteiger partial charge in [-0.3, -0.25) is 9.36 Å². The summed E-state index contributed by atoms with van der Waals surface area (Å²) in [5.74, 6) is 1.82. The molecule has 3 aliphatic rings. The van der Waals surface area contributed by atoms with Crippen molar-refractivity contribution in [3.05, 3.63) is 84.6 Å². The van der Waals surface area contributed by atoms with Crippen LogP contribution in [0.1, 0.15) is 37.7 Å². The molecule has 8 nitrogen and oxygen atoms in total. The first kappa shape index (κ1) is 23.3. The Morgan fingerprint density at radius 3 is 2.48 bits per heavy atom. The van der Waals surface area contributed by atoms with Gasteiger partial charge in [0.15, 0.2) is 11.5 Å². The molecular formula is C32H29N7O. The summed E-state index contributed by atoms with van der Waals surface area (Å²) in [4.78, 5) is 27.0. The number of imidazole rings is 1. The number of hydrogen-bond acceptors (Lipinski definition) is 6. The maximum atomic E-state index is 12.7. The van der Waals surface area contributed by atoms with Gasteiger partial charge in [-0.05, 0) is 92.1 Å². The summed E-state index contributed by atoms with van der Waals surface area (Å²) >= 11 is 0. The van der Waals surface area contributed by atoms with Crippen LogP contribution >= 0.6 is 0 Å². The van der Waals surface area contributed by atoms with Crippen molar-refractivity contribution in [3.8, 4) is 28.3 Å². The molecule has 198 valence electrons. The van der Waals surface area contributed by atoms with Gasteiger partial charge in [-0.15, -0.1) is 0 Å². The van der Waals surface area contributed by atoms with Gasteiger partial charge in [0.05, 0.1) is 16.7 Å². The Labute approximate surface area is 231 Å². The fourth-order valence-electron chi connectivity index (χ4n) is 6.02. The van der Waals surface area contributed by atoms with Crippen LogP contribution in [0.3, 0.4) is 0 Å². The lowest BCUT2D eigenvalue weighted by Crippen LogP contribution is -2.43. The lowest BCUT2D eigenvalue weighted by Gasteiger charge is -2.38. The maximum Gasteiger partial charge on any atom is 0.230 e. The number of nitrogens with one attached hydrogen (secondary N) is 1. The van der Waals surface area contributed by atoms with Crippen molar-refractivity contribution in [2.24, 2.45) is 17.1 Å². The van der Waals surface area contributed by atoms with Crippen molar-refractivity contribution in [2.45, 2.75) is 37.6 Å². The Morgan fingerprint density at radius 1 is 0.975 bits per heavy atom. The van der Waals surface area contributed by atoms with Gasteiger partial charge in [0.1, 0.15) is 11.3 Å². The molecule has 0 aliphatic heterocycles. The molecule has 0 bridgehead atoms. The molecule has 2 aromatic carbocycles. The van der Waals surface area contributed by atoms with Crippen LogP contribution in [-0.2, 0) is 10.3 Å². The molecule has 8 rings (SSSR count). The van der Waals surface area contributed by atoms with Crippen molar-refractivity contribution in [1.82, 2.24) is 19.5 Å². The molecular weight excluding hydrogens is 498 g/mol. The van der Waals surface area contributed by atoms with E-state index in [4.69, 9.17) is 21.4 Å². The lowest BCUT2D eigenvalue weighted by atomic mass is 9.73. The van der Waals surface area contributed by atoms with E-state index in [0.717, 1.165) is 71.4 Å². The predicted molar refractivity (Wildman–Crippen MR) is 155 cm³/mol. The SMILES string of the molecule is Nc1ncccc1-c1nc2ccc(-c3cccc(NC(=O)C45CC4C5)c3)nc2n1-c1ccc(C2(N)CCC2)cc1. The highest BCUT2D eigenvalue weighted by atomic mass is 16.2. The second-order valence-electron chi connectivity index (χ2n) is 11.6. The van der Waals surface area contributed by atoms with E-state index >= 15 is 0 Å². The Hall–Kier alpha value is -4.56. The quantitative estimate of drug-likeness (QED) is 0.271. The number of carbonyl (C=O) groups excluding carboxylic acids is 1. The average Bonchev–Trinajstić information content (AvgIpc) is 3.81. The molecule has 3 heterocycles. The van der Waals surface area contributed by atoms with Gasteiger partial charge >= 0.3 is 0 Å². The molecule has 0 saturated heterocycles. The highest BCUT2D eigenvalue weighted by Crippen LogP contribution is 2.75. The van der Waals surface area contributed by atoms with E-state index in [1.54, 1.807) is 6.20 Å². The zero-order valence-electron chi connectivity index (χ0n) is 22.0. The predicted octanol–water partition coefficient (Wildman–Crippen LogP) is 5.42. The number of nitrogens with zero attached hydrogens (tertiary/aromatic N) is 4. The Morgan fingerprint density at radius 2 is 1.77 bits per heavy atom. The first-order valence-electron chi connectivity index (χ1n) is 13.9. The van der Waals surface area contributed by atoms with Crippen LogP contribution in [0, 0.1) is 11.3 Å². The van der Waals surface area contributed by atoms with E-state index in [0.29, 0.717) is 23.2 Å².